The van der Waals surface area contributed by atoms with Crippen molar-refractivity contribution < 1.29 is 14.7 Å². The normalized spacial score (nSPS) is 19.6. The predicted octanol–water partition coefficient (Wildman–Crippen LogP) is 2.94. The number of carbonyl (C=O) groups excluding carboxylic acids is 1. The lowest BCUT2D eigenvalue weighted by Crippen LogP contribution is -2.53. The highest BCUT2D eigenvalue weighted by Crippen LogP contribution is 2.37. The van der Waals surface area contributed by atoms with Crippen LogP contribution in [0.1, 0.15) is 45.7 Å². The zero-order valence-corrected chi connectivity index (χ0v) is 14.4. The molecule has 1 aromatic carbocycles. The van der Waals surface area contributed by atoms with E-state index in [1.165, 1.54) is 18.7 Å². The first-order valence-corrected chi connectivity index (χ1v) is 8.12. The van der Waals surface area contributed by atoms with Crippen LogP contribution >= 0.6 is 11.8 Å². The summed E-state index contributed by atoms with van der Waals surface area (Å²) in [5, 5.41) is 26.0. The fourth-order valence-electron chi connectivity index (χ4n) is 2.28. The molecule has 0 fully saturated rings. The Morgan fingerprint density at radius 2 is 1.77 bits per heavy atom. The monoisotopic (exact) mass is 321 g/mol. The second-order valence-corrected chi connectivity index (χ2v) is 7.66. The van der Waals surface area contributed by atoms with E-state index in [1.54, 1.807) is 39.8 Å². The highest BCUT2D eigenvalue weighted by molar-refractivity contribution is 8.12. The number of hydrogen-bond donors (Lipinski definition) is 0. The lowest BCUT2D eigenvalue weighted by atomic mass is 9.84. The summed E-state index contributed by atoms with van der Waals surface area (Å²) in [6, 6.07) is 7.22. The van der Waals surface area contributed by atoms with Crippen LogP contribution in [-0.4, -0.2) is 31.8 Å². The second kappa shape index (κ2) is 5.59. The Morgan fingerprint density at radius 3 is 2.18 bits per heavy atom. The summed E-state index contributed by atoms with van der Waals surface area (Å²) in [6.45, 7) is 8.62. The first-order valence-electron chi connectivity index (χ1n) is 7.13. The summed E-state index contributed by atoms with van der Waals surface area (Å²) in [6.07, 6.45) is 0. The van der Waals surface area contributed by atoms with E-state index < -0.39 is 11.1 Å². The first-order chi connectivity index (χ1) is 10.1. The summed E-state index contributed by atoms with van der Waals surface area (Å²) in [7, 11) is 0. The summed E-state index contributed by atoms with van der Waals surface area (Å²) >= 11 is 1.23. The molecule has 0 N–H and O–H groups in total. The van der Waals surface area contributed by atoms with E-state index in [-0.39, 0.29) is 11.0 Å². The minimum atomic E-state index is -0.812. The van der Waals surface area contributed by atoms with Gasteiger partial charge in [0.1, 0.15) is 5.54 Å². The number of rotatable bonds is 3. The van der Waals surface area contributed by atoms with Gasteiger partial charge in [0.2, 0.25) is 0 Å². The van der Waals surface area contributed by atoms with Crippen LogP contribution in [-0.2, 0) is 15.8 Å². The summed E-state index contributed by atoms with van der Waals surface area (Å²) < 4.78 is 0.805. The van der Waals surface area contributed by atoms with Crippen LogP contribution in [0.2, 0.25) is 0 Å². The molecule has 2 rings (SSSR count). The van der Waals surface area contributed by atoms with E-state index in [2.05, 4.69) is 0 Å². The zero-order valence-electron chi connectivity index (χ0n) is 13.5. The highest BCUT2D eigenvalue weighted by Gasteiger charge is 2.59. The predicted molar refractivity (Wildman–Crippen MR) is 86.8 cm³/mol. The van der Waals surface area contributed by atoms with Crippen molar-refractivity contribution in [3.8, 4) is 0 Å². The molecule has 0 aliphatic carbocycles. The molecule has 119 valence electrons. The van der Waals surface area contributed by atoms with Crippen molar-refractivity contribution in [2.45, 2.75) is 51.4 Å². The number of benzene rings is 1. The van der Waals surface area contributed by atoms with Gasteiger partial charge in [0.15, 0.2) is 10.7 Å². The van der Waals surface area contributed by atoms with Crippen molar-refractivity contribution in [1.82, 2.24) is 5.06 Å². The summed E-state index contributed by atoms with van der Waals surface area (Å²) in [5.74, 6) is 0.727. The molecule has 1 heterocycles. The third-order valence-electron chi connectivity index (χ3n) is 4.55. The highest BCUT2D eigenvalue weighted by atomic mass is 32.2. The average Bonchev–Trinajstić information content (AvgIpc) is 2.56. The molecule has 0 saturated heterocycles. The largest absolute Gasteiger partial charge is 0.714 e. The molecular weight excluding hydrogens is 300 g/mol. The van der Waals surface area contributed by atoms with Gasteiger partial charge in [0.05, 0.1) is 5.56 Å². The number of nitrogens with zero attached hydrogens (tertiary/aromatic N) is 2. The van der Waals surface area contributed by atoms with Gasteiger partial charge < -0.3 is 5.21 Å². The van der Waals surface area contributed by atoms with Gasteiger partial charge >= 0.3 is 5.84 Å². The Labute approximate surface area is 135 Å². The molecule has 0 atom stereocenters. The van der Waals surface area contributed by atoms with Gasteiger partial charge in [-0.2, -0.15) is 0 Å². The van der Waals surface area contributed by atoms with Crippen LogP contribution in [0, 0.1) is 5.21 Å². The molecule has 6 heteroatoms. The molecule has 1 aromatic rings. The molecule has 1 radical (unpaired) electrons. The SMILES string of the molecule is CC(=O)SCc1ccc(C2=[N+]([O-])C(C)(C)C(C)(C)N2[O])cc1. The first kappa shape index (κ1) is 16.8. The van der Waals surface area contributed by atoms with E-state index in [9.17, 15) is 15.2 Å². The van der Waals surface area contributed by atoms with Crippen molar-refractivity contribution in [2.75, 3.05) is 0 Å². The van der Waals surface area contributed by atoms with Gasteiger partial charge in [-0.05, 0) is 45.4 Å². The molecular formula is C16H21N2O3S. The number of carbonyl (C=O) groups is 1. The maximum atomic E-state index is 12.5. The fourth-order valence-corrected chi connectivity index (χ4v) is 2.84. The zero-order chi connectivity index (χ0) is 16.7. The number of amidine groups is 1. The van der Waals surface area contributed by atoms with Crippen LogP contribution in [0.25, 0.3) is 0 Å². The molecule has 0 amide bonds. The Kier molecular flexibility index (Phi) is 4.28. The lowest BCUT2D eigenvalue weighted by molar-refractivity contribution is -0.539. The molecule has 1 aliphatic heterocycles. The van der Waals surface area contributed by atoms with E-state index in [1.807, 2.05) is 12.1 Å². The Bertz CT molecular complexity index is 621. The second-order valence-electron chi connectivity index (χ2n) is 6.51. The lowest BCUT2D eigenvalue weighted by Gasteiger charge is -2.32. The van der Waals surface area contributed by atoms with E-state index in [0.717, 1.165) is 15.4 Å². The average molecular weight is 321 g/mol. The van der Waals surface area contributed by atoms with Gasteiger partial charge in [0, 0.05) is 17.9 Å². The summed E-state index contributed by atoms with van der Waals surface area (Å²) in [5.41, 5.74) is -0.0447. The third-order valence-corrected chi connectivity index (χ3v) is 5.44. The Hall–Kier alpha value is -1.53. The summed E-state index contributed by atoms with van der Waals surface area (Å²) in [4.78, 5) is 11.0. The Balaban J connectivity index is 2.32. The van der Waals surface area contributed by atoms with Gasteiger partial charge in [-0.25, -0.2) is 0 Å². The van der Waals surface area contributed by atoms with E-state index in [4.69, 9.17) is 0 Å². The topological polar surface area (TPSA) is 66.3 Å². The molecule has 0 aromatic heterocycles. The van der Waals surface area contributed by atoms with E-state index >= 15 is 0 Å². The minimum absolute atomic E-state index is 0.0641. The molecule has 0 spiro atoms. The van der Waals surface area contributed by atoms with Crippen LogP contribution < -0.4 is 0 Å². The molecule has 5 nitrogen and oxygen atoms in total. The van der Waals surface area contributed by atoms with Crippen LogP contribution in [0.3, 0.4) is 0 Å². The quantitative estimate of drug-likeness (QED) is 0.634. The van der Waals surface area contributed by atoms with Gasteiger partial charge in [-0.3, -0.25) is 9.53 Å². The third kappa shape index (κ3) is 2.61. The minimum Gasteiger partial charge on any atom is -0.714 e. The van der Waals surface area contributed by atoms with Crippen molar-refractivity contribution in [2.24, 2.45) is 0 Å². The van der Waals surface area contributed by atoms with E-state index in [0.29, 0.717) is 11.3 Å². The fraction of sp³-hybridized carbons (Fsp3) is 0.500. The molecule has 1 aliphatic rings. The smallest absolute Gasteiger partial charge is 0.316 e. The van der Waals surface area contributed by atoms with Crippen molar-refractivity contribution in [1.29, 1.82) is 0 Å². The van der Waals surface area contributed by atoms with Crippen LogP contribution in [0.4, 0.5) is 0 Å². The number of thioether (sulfide) groups is 1. The van der Waals surface area contributed by atoms with Gasteiger partial charge in [0.25, 0.3) is 0 Å². The Morgan fingerprint density at radius 1 is 1.23 bits per heavy atom. The van der Waals surface area contributed by atoms with Gasteiger partial charge in [-0.1, -0.05) is 29.0 Å². The molecule has 0 unspecified atom stereocenters. The molecule has 0 saturated carbocycles. The standard InChI is InChI=1S/C16H21N2O3S/c1-11(19)22-10-12-6-8-13(9-7-12)14-17(20)15(2,3)16(4,5)18(14)21/h6-9H,10H2,1-5H3. The van der Waals surface area contributed by atoms with Crippen molar-refractivity contribution in [3.05, 3.63) is 40.6 Å². The number of hydrogen-bond acceptors (Lipinski definition) is 4. The van der Waals surface area contributed by atoms with Crippen LogP contribution in [0.5, 0.6) is 0 Å². The van der Waals surface area contributed by atoms with Gasteiger partial charge in [-0.15, -0.1) is 0 Å². The van der Waals surface area contributed by atoms with Crippen molar-refractivity contribution >= 4 is 22.7 Å². The molecule has 0 bridgehead atoms. The number of hydroxylamine groups is 3. The van der Waals surface area contributed by atoms with Crippen molar-refractivity contribution in [3.63, 3.8) is 0 Å². The van der Waals surface area contributed by atoms with Crippen LogP contribution in [0.15, 0.2) is 24.3 Å². The maximum absolute atomic E-state index is 12.5. The maximum Gasteiger partial charge on any atom is 0.316 e. The molecule has 22 heavy (non-hydrogen) atoms.